The van der Waals surface area contributed by atoms with Crippen molar-refractivity contribution in [1.82, 2.24) is 0 Å². The van der Waals surface area contributed by atoms with Crippen LogP contribution < -0.4 is 0 Å². The molecule has 0 amide bonds. The molecule has 0 aromatic heterocycles. The number of halogens is 1. The monoisotopic (exact) mass is 148 g/mol. The predicted octanol–water partition coefficient (Wildman–Crippen LogP) is 1.81. The molecule has 1 aliphatic heterocycles. The Kier molecular flexibility index (Phi) is 2.02. The van der Waals surface area contributed by atoms with Crippen molar-refractivity contribution in [3.63, 3.8) is 0 Å². The molecule has 0 aromatic carbocycles. The lowest BCUT2D eigenvalue weighted by Gasteiger charge is -2.37. The van der Waals surface area contributed by atoms with E-state index in [9.17, 15) is 0 Å². The number of likely N-dealkylation sites (tertiary alicyclic amines) is 1. The normalized spacial score (nSPS) is 34.3. The first kappa shape index (κ1) is 7.36. The largest absolute Gasteiger partial charge is 0.313 e. The van der Waals surface area contributed by atoms with Crippen molar-refractivity contribution in [2.45, 2.75) is 24.8 Å². The van der Waals surface area contributed by atoms with Gasteiger partial charge >= 0.3 is 0 Å². The number of quaternary nitrogens is 1. The second-order valence-corrected chi connectivity index (χ2v) is 3.94. The van der Waals surface area contributed by atoms with Gasteiger partial charge in [-0.2, -0.15) is 0 Å². The second kappa shape index (κ2) is 2.47. The third-order valence-corrected chi connectivity index (χ3v) is 2.93. The highest BCUT2D eigenvalue weighted by molar-refractivity contribution is 6.19. The Hall–Kier alpha value is 0.250. The number of nitrogens with zero attached hydrogens (tertiary/aromatic N) is 1. The minimum atomic E-state index is 0.360. The van der Waals surface area contributed by atoms with Gasteiger partial charge in [-0.05, 0) is 12.8 Å². The fourth-order valence-corrected chi connectivity index (χ4v) is 1.57. The quantitative estimate of drug-likeness (QED) is 0.279. The molecule has 1 fully saturated rings. The molecular formula is C7H15ClN+. The molecule has 0 saturated carbocycles. The van der Waals surface area contributed by atoms with Crippen molar-refractivity contribution in [3.05, 3.63) is 0 Å². The molecule has 1 saturated heterocycles. The molecule has 1 nitrogen and oxygen atoms in total. The van der Waals surface area contributed by atoms with Crippen molar-refractivity contribution < 1.29 is 4.48 Å². The number of hydrogen-bond acceptors (Lipinski definition) is 0. The molecule has 1 aliphatic rings. The van der Waals surface area contributed by atoms with Gasteiger partial charge in [0.2, 0.25) is 0 Å². The van der Waals surface area contributed by atoms with Gasteiger partial charge in [-0.25, -0.2) is 0 Å². The number of hydrogen-bond donors (Lipinski definition) is 0. The predicted molar refractivity (Wildman–Crippen MR) is 40.5 cm³/mol. The molecule has 2 heteroatoms. The smallest absolute Gasteiger partial charge is 0.164 e. The van der Waals surface area contributed by atoms with E-state index in [1.165, 1.54) is 25.8 Å². The van der Waals surface area contributed by atoms with Crippen LogP contribution in [0.3, 0.4) is 0 Å². The van der Waals surface area contributed by atoms with Crippen LogP contribution >= 0.6 is 11.6 Å². The molecule has 1 unspecified atom stereocenters. The van der Waals surface area contributed by atoms with E-state index < -0.39 is 0 Å². The second-order valence-electron chi connectivity index (χ2n) is 3.43. The van der Waals surface area contributed by atoms with Crippen LogP contribution in [-0.4, -0.2) is 30.6 Å². The molecule has 0 aromatic rings. The third-order valence-electron chi connectivity index (χ3n) is 2.19. The zero-order chi connectivity index (χ0) is 6.91. The maximum Gasteiger partial charge on any atom is 0.164 e. The van der Waals surface area contributed by atoms with E-state index in [1.807, 2.05) is 0 Å². The van der Waals surface area contributed by atoms with Crippen LogP contribution in [0.2, 0.25) is 0 Å². The lowest BCUT2D eigenvalue weighted by Crippen LogP contribution is -2.48. The molecule has 9 heavy (non-hydrogen) atoms. The first-order chi connectivity index (χ1) is 4.13. The molecule has 54 valence electrons. The van der Waals surface area contributed by atoms with Gasteiger partial charge in [0.05, 0.1) is 20.6 Å². The van der Waals surface area contributed by atoms with E-state index in [1.54, 1.807) is 0 Å². The summed E-state index contributed by atoms with van der Waals surface area (Å²) in [5, 5.41) is 0. The van der Waals surface area contributed by atoms with E-state index >= 15 is 0 Å². The maximum absolute atomic E-state index is 6.08. The third kappa shape index (κ3) is 1.59. The van der Waals surface area contributed by atoms with Gasteiger partial charge in [-0.15, -0.1) is 0 Å². The highest BCUT2D eigenvalue weighted by atomic mass is 35.5. The minimum Gasteiger partial charge on any atom is -0.313 e. The van der Waals surface area contributed by atoms with Crippen LogP contribution in [0.15, 0.2) is 0 Å². The fraction of sp³-hybridized carbons (Fsp3) is 1.00. The van der Waals surface area contributed by atoms with Gasteiger partial charge in [0.1, 0.15) is 0 Å². The Bertz CT molecular complexity index is 101. The average molecular weight is 149 g/mol. The van der Waals surface area contributed by atoms with Gasteiger partial charge in [0.15, 0.2) is 5.50 Å². The molecule has 1 heterocycles. The van der Waals surface area contributed by atoms with Crippen LogP contribution in [-0.2, 0) is 0 Å². The number of rotatable bonds is 0. The summed E-state index contributed by atoms with van der Waals surface area (Å²) in [7, 11) is 4.41. The molecule has 1 atom stereocenters. The van der Waals surface area contributed by atoms with E-state index in [0.717, 1.165) is 4.48 Å². The van der Waals surface area contributed by atoms with Crippen LogP contribution in [0.25, 0.3) is 0 Å². The molecule has 0 N–H and O–H groups in total. The summed E-state index contributed by atoms with van der Waals surface area (Å²) in [5.41, 5.74) is 0.360. The molecule has 0 bridgehead atoms. The van der Waals surface area contributed by atoms with Crippen molar-refractivity contribution in [2.24, 2.45) is 0 Å². The van der Waals surface area contributed by atoms with Gasteiger partial charge in [-0.3, -0.25) is 0 Å². The van der Waals surface area contributed by atoms with Gasteiger partial charge in [0.25, 0.3) is 0 Å². The fourth-order valence-electron chi connectivity index (χ4n) is 1.32. The first-order valence-electron chi connectivity index (χ1n) is 3.60. The Morgan fingerprint density at radius 3 is 2.33 bits per heavy atom. The van der Waals surface area contributed by atoms with Crippen molar-refractivity contribution in [1.29, 1.82) is 0 Å². The van der Waals surface area contributed by atoms with Crippen LogP contribution in [0.1, 0.15) is 19.3 Å². The first-order valence-corrected chi connectivity index (χ1v) is 4.03. The van der Waals surface area contributed by atoms with Crippen LogP contribution in [0, 0.1) is 0 Å². The standard InChI is InChI=1S/C7H15ClN/c1-9(2)6-4-3-5-7(9)8/h7H,3-6H2,1-2H3/q+1. The lowest BCUT2D eigenvalue weighted by molar-refractivity contribution is -0.906. The van der Waals surface area contributed by atoms with Crippen molar-refractivity contribution in [2.75, 3.05) is 20.6 Å². The molecule has 0 spiro atoms. The highest BCUT2D eigenvalue weighted by Crippen LogP contribution is 2.23. The Morgan fingerprint density at radius 1 is 1.33 bits per heavy atom. The highest BCUT2D eigenvalue weighted by Gasteiger charge is 2.28. The topological polar surface area (TPSA) is 0 Å². The molecular weight excluding hydrogens is 134 g/mol. The summed E-state index contributed by atoms with van der Waals surface area (Å²) in [6.07, 6.45) is 3.85. The van der Waals surface area contributed by atoms with Gasteiger partial charge in [-0.1, -0.05) is 11.6 Å². The zero-order valence-electron chi connectivity index (χ0n) is 6.23. The van der Waals surface area contributed by atoms with E-state index in [-0.39, 0.29) is 0 Å². The van der Waals surface area contributed by atoms with E-state index in [0.29, 0.717) is 5.50 Å². The summed E-state index contributed by atoms with van der Waals surface area (Å²) >= 11 is 6.08. The Morgan fingerprint density at radius 2 is 2.00 bits per heavy atom. The summed E-state index contributed by atoms with van der Waals surface area (Å²) in [4.78, 5) is 0. The summed E-state index contributed by atoms with van der Waals surface area (Å²) in [6, 6.07) is 0. The Balaban J connectivity index is 2.49. The van der Waals surface area contributed by atoms with E-state index in [4.69, 9.17) is 11.6 Å². The molecule has 0 radical (unpaired) electrons. The summed E-state index contributed by atoms with van der Waals surface area (Å²) in [6.45, 7) is 1.24. The SMILES string of the molecule is C[N+]1(C)CCCCC1Cl. The lowest BCUT2D eigenvalue weighted by atomic mass is 10.1. The zero-order valence-corrected chi connectivity index (χ0v) is 6.99. The van der Waals surface area contributed by atoms with E-state index in [2.05, 4.69) is 14.1 Å². The maximum atomic E-state index is 6.08. The van der Waals surface area contributed by atoms with Crippen LogP contribution in [0.5, 0.6) is 0 Å². The summed E-state index contributed by atoms with van der Waals surface area (Å²) in [5.74, 6) is 0. The Labute approximate surface area is 62.2 Å². The minimum absolute atomic E-state index is 0.360. The molecule has 0 aliphatic carbocycles. The van der Waals surface area contributed by atoms with Gasteiger partial charge < -0.3 is 4.48 Å². The number of piperidine rings is 1. The van der Waals surface area contributed by atoms with Crippen LogP contribution in [0.4, 0.5) is 0 Å². The van der Waals surface area contributed by atoms with Crippen molar-refractivity contribution in [3.8, 4) is 0 Å². The summed E-state index contributed by atoms with van der Waals surface area (Å²) < 4.78 is 1.00. The van der Waals surface area contributed by atoms with Gasteiger partial charge in [0, 0.05) is 6.42 Å². The molecule has 1 rings (SSSR count). The number of alkyl halides is 1. The average Bonchev–Trinajstić information content (AvgIpc) is 1.77. The van der Waals surface area contributed by atoms with Crippen molar-refractivity contribution >= 4 is 11.6 Å².